The maximum Gasteiger partial charge on any atom is 0.0768 e. The van der Waals surface area contributed by atoms with Crippen molar-refractivity contribution in [1.29, 1.82) is 0 Å². The fourth-order valence-electron chi connectivity index (χ4n) is 1.39. The minimum Gasteiger partial charge on any atom is -0.107 e. The minimum atomic E-state index is 0.194. The van der Waals surface area contributed by atoms with Gasteiger partial charge in [-0.15, -0.1) is 11.8 Å². The third-order valence-corrected chi connectivity index (χ3v) is 4.57. The summed E-state index contributed by atoms with van der Waals surface area (Å²) in [6, 6.07) is 6.37. The standard InChI is InChI=1S/C9H8Br2S/c1-9(11)5-6-7(10)3-2-4-8(6)12-9/h2-4H,5H2,1H3. The lowest BCUT2D eigenvalue weighted by molar-refractivity contribution is 0.910. The third-order valence-electron chi connectivity index (χ3n) is 1.89. The van der Waals surface area contributed by atoms with Gasteiger partial charge in [0.05, 0.1) is 3.66 Å². The lowest BCUT2D eigenvalue weighted by Gasteiger charge is -2.11. The predicted molar refractivity (Wildman–Crippen MR) is 61.0 cm³/mol. The second-order valence-electron chi connectivity index (χ2n) is 3.10. The average Bonchev–Trinajstić information content (AvgIpc) is 2.25. The van der Waals surface area contributed by atoms with E-state index in [1.807, 2.05) is 11.8 Å². The molecule has 0 N–H and O–H groups in total. The number of alkyl halides is 1. The summed E-state index contributed by atoms with van der Waals surface area (Å²) in [5, 5.41) is 0. The molecule has 0 aliphatic carbocycles. The van der Waals surface area contributed by atoms with Gasteiger partial charge in [0.1, 0.15) is 0 Å². The second kappa shape index (κ2) is 3.03. The van der Waals surface area contributed by atoms with Gasteiger partial charge in [0.2, 0.25) is 0 Å². The molecule has 0 fully saturated rings. The van der Waals surface area contributed by atoms with Crippen molar-refractivity contribution in [3.8, 4) is 0 Å². The highest BCUT2D eigenvalue weighted by Gasteiger charge is 2.31. The van der Waals surface area contributed by atoms with Crippen molar-refractivity contribution in [3.05, 3.63) is 28.2 Å². The number of hydrogen-bond donors (Lipinski definition) is 0. The zero-order valence-electron chi connectivity index (χ0n) is 6.60. The summed E-state index contributed by atoms with van der Waals surface area (Å²) in [6.45, 7) is 2.21. The molecule has 0 amide bonds. The van der Waals surface area contributed by atoms with Gasteiger partial charge in [0.25, 0.3) is 0 Å². The van der Waals surface area contributed by atoms with Gasteiger partial charge >= 0.3 is 0 Å². The summed E-state index contributed by atoms with van der Waals surface area (Å²) in [5.74, 6) is 0. The van der Waals surface area contributed by atoms with Gasteiger partial charge in [0.15, 0.2) is 0 Å². The summed E-state index contributed by atoms with van der Waals surface area (Å²) in [6.07, 6.45) is 1.09. The molecule has 0 nitrogen and oxygen atoms in total. The van der Waals surface area contributed by atoms with Crippen molar-refractivity contribution in [2.45, 2.75) is 21.9 Å². The van der Waals surface area contributed by atoms with E-state index in [1.54, 1.807) is 0 Å². The van der Waals surface area contributed by atoms with Gasteiger partial charge in [-0.1, -0.05) is 37.9 Å². The Balaban J connectivity index is 2.48. The van der Waals surface area contributed by atoms with Gasteiger partial charge in [-0.3, -0.25) is 0 Å². The fourth-order valence-corrected chi connectivity index (χ4v) is 3.96. The maximum atomic E-state index is 3.70. The van der Waals surface area contributed by atoms with Crippen LogP contribution in [0.1, 0.15) is 12.5 Å². The highest BCUT2D eigenvalue weighted by atomic mass is 79.9. The van der Waals surface area contributed by atoms with E-state index in [2.05, 4.69) is 57.0 Å². The van der Waals surface area contributed by atoms with Gasteiger partial charge in [-0.05, 0) is 31.0 Å². The summed E-state index contributed by atoms with van der Waals surface area (Å²) in [5.41, 5.74) is 1.43. The molecule has 0 spiro atoms. The van der Waals surface area contributed by atoms with Crippen LogP contribution in [0, 0.1) is 0 Å². The molecule has 1 aromatic carbocycles. The Morgan fingerprint density at radius 1 is 1.50 bits per heavy atom. The highest BCUT2D eigenvalue weighted by Crippen LogP contribution is 2.50. The van der Waals surface area contributed by atoms with Crippen LogP contribution in [0.5, 0.6) is 0 Å². The summed E-state index contributed by atoms with van der Waals surface area (Å²) < 4.78 is 1.43. The molecule has 1 atom stereocenters. The number of hydrogen-bond acceptors (Lipinski definition) is 1. The number of rotatable bonds is 0. The van der Waals surface area contributed by atoms with Crippen molar-refractivity contribution in [2.24, 2.45) is 0 Å². The molecule has 1 aliphatic rings. The largest absolute Gasteiger partial charge is 0.107 e. The molecule has 0 saturated carbocycles. The Morgan fingerprint density at radius 3 is 2.92 bits per heavy atom. The van der Waals surface area contributed by atoms with Crippen LogP contribution in [0.15, 0.2) is 27.6 Å². The molecular formula is C9H8Br2S. The molecule has 1 heterocycles. The summed E-state index contributed by atoms with van der Waals surface area (Å²) >= 11 is 9.16. The molecule has 0 saturated heterocycles. The number of benzene rings is 1. The van der Waals surface area contributed by atoms with Crippen molar-refractivity contribution in [1.82, 2.24) is 0 Å². The smallest absolute Gasteiger partial charge is 0.0768 e. The zero-order valence-corrected chi connectivity index (χ0v) is 10.6. The predicted octanol–water partition coefficient (Wildman–Crippen LogP) is 4.21. The molecule has 2 rings (SSSR count). The molecule has 1 aliphatic heterocycles. The van der Waals surface area contributed by atoms with Gasteiger partial charge in [0, 0.05) is 9.37 Å². The first-order valence-corrected chi connectivity index (χ1v) is 6.14. The number of thioether (sulfide) groups is 1. The Bertz CT molecular complexity index is 320. The van der Waals surface area contributed by atoms with E-state index in [-0.39, 0.29) is 3.66 Å². The highest BCUT2D eigenvalue weighted by molar-refractivity contribution is 9.12. The molecule has 1 aromatic rings. The number of fused-ring (bicyclic) bond motifs is 1. The Labute approximate surface area is 93.4 Å². The molecule has 64 valence electrons. The van der Waals surface area contributed by atoms with E-state index in [9.17, 15) is 0 Å². The topological polar surface area (TPSA) is 0 Å². The van der Waals surface area contributed by atoms with Crippen LogP contribution < -0.4 is 0 Å². The monoisotopic (exact) mass is 306 g/mol. The Kier molecular flexibility index (Phi) is 2.30. The quantitative estimate of drug-likeness (QED) is 0.647. The van der Waals surface area contributed by atoms with Crippen molar-refractivity contribution >= 4 is 43.6 Å². The van der Waals surface area contributed by atoms with Crippen LogP contribution in [0.25, 0.3) is 0 Å². The van der Waals surface area contributed by atoms with E-state index in [1.165, 1.54) is 14.9 Å². The molecule has 1 unspecified atom stereocenters. The van der Waals surface area contributed by atoms with Gasteiger partial charge in [-0.25, -0.2) is 0 Å². The fraction of sp³-hybridized carbons (Fsp3) is 0.333. The van der Waals surface area contributed by atoms with E-state index in [0.717, 1.165) is 6.42 Å². The van der Waals surface area contributed by atoms with E-state index in [0.29, 0.717) is 0 Å². The molecule has 12 heavy (non-hydrogen) atoms. The van der Waals surface area contributed by atoms with Crippen LogP contribution in [-0.4, -0.2) is 3.66 Å². The van der Waals surface area contributed by atoms with Crippen molar-refractivity contribution in [3.63, 3.8) is 0 Å². The van der Waals surface area contributed by atoms with Gasteiger partial charge < -0.3 is 0 Å². The third kappa shape index (κ3) is 1.59. The van der Waals surface area contributed by atoms with E-state index >= 15 is 0 Å². The lowest BCUT2D eigenvalue weighted by Crippen LogP contribution is -2.06. The summed E-state index contributed by atoms with van der Waals surface area (Å²) in [7, 11) is 0. The van der Waals surface area contributed by atoms with Crippen molar-refractivity contribution < 1.29 is 0 Å². The Hall–Kier alpha value is 0.530. The first kappa shape index (κ1) is 9.10. The lowest BCUT2D eigenvalue weighted by atomic mass is 10.1. The van der Waals surface area contributed by atoms with Gasteiger partial charge in [-0.2, -0.15) is 0 Å². The Morgan fingerprint density at radius 2 is 2.25 bits per heavy atom. The molecule has 0 radical (unpaired) electrons. The molecular weight excluding hydrogens is 300 g/mol. The SMILES string of the molecule is CC1(Br)Cc2c(Br)cccc2S1. The second-order valence-corrected chi connectivity index (χ2v) is 7.77. The summed E-state index contributed by atoms with van der Waals surface area (Å²) in [4.78, 5) is 1.39. The molecule has 0 aromatic heterocycles. The minimum absolute atomic E-state index is 0.194. The zero-order chi connectivity index (χ0) is 8.77. The first-order valence-electron chi connectivity index (χ1n) is 3.74. The van der Waals surface area contributed by atoms with Crippen LogP contribution in [0.4, 0.5) is 0 Å². The van der Waals surface area contributed by atoms with E-state index < -0.39 is 0 Å². The van der Waals surface area contributed by atoms with E-state index in [4.69, 9.17) is 0 Å². The van der Waals surface area contributed by atoms with Crippen molar-refractivity contribution in [2.75, 3.05) is 0 Å². The maximum absolute atomic E-state index is 3.70. The average molecular weight is 308 g/mol. The molecule has 3 heteroatoms. The normalized spacial score (nSPS) is 27.2. The molecule has 0 bridgehead atoms. The van der Waals surface area contributed by atoms with Crippen LogP contribution >= 0.6 is 43.6 Å². The first-order chi connectivity index (χ1) is 5.58. The van der Waals surface area contributed by atoms with Crippen LogP contribution in [-0.2, 0) is 6.42 Å². The van der Waals surface area contributed by atoms with Crippen LogP contribution in [0.2, 0.25) is 0 Å². The number of halogens is 2. The van der Waals surface area contributed by atoms with Crippen LogP contribution in [0.3, 0.4) is 0 Å².